The molecule has 21 heavy (non-hydrogen) atoms. The van der Waals surface area contributed by atoms with E-state index < -0.39 is 10.0 Å². The Morgan fingerprint density at radius 2 is 1.29 bits per heavy atom. The van der Waals surface area contributed by atoms with Crippen molar-refractivity contribution >= 4 is 10.0 Å². The third kappa shape index (κ3) is 3.45. The fourth-order valence-electron chi connectivity index (χ4n) is 4.44. The van der Waals surface area contributed by atoms with Crippen LogP contribution in [-0.4, -0.2) is 43.1 Å². The molecule has 3 aliphatic rings. The number of hydrogen-bond acceptors (Lipinski definition) is 3. The van der Waals surface area contributed by atoms with Gasteiger partial charge in [0.25, 0.3) is 0 Å². The van der Waals surface area contributed by atoms with Crippen molar-refractivity contribution in [1.82, 2.24) is 9.62 Å². The van der Waals surface area contributed by atoms with Gasteiger partial charge in [-0.15, -0.1) is 0 Å². The van der Waals surface area contributed by atoms with Gasteiger partial charge in [0.1, 0.15) is 0 Å². The fraction of sp³-hybridized carbons (Fsp3) is 1.00. The molecule has 1 atom stereocenters. The van der Waals surface area contributed by atoms with E-state index in [9.17, 15) is 8.42 Å². The van der Waals surface area contributed by atoms with Gasteiger partial charge in [0.15, 0.2) is 0 Å². The molecule has 2 aliphatic carbocycles. The first-order valence-electron chi connectivity index (χ1n) is 8.92. The second kappa shape index (κ2) is 6.97. The summed E-state index contributed by atoms with van der Waals surface area (Å²) in [4.78, 5) is 0. The lowest BCUT2D eigenvalue weighted by molar-refractivity contribution is 0.168. The zero-order valence-corrected chi connectivity index (χ0v) is 13.9. The van der Waals surface area contributed by atoms with Crippen LogP contribution in [0.2, 0.25) is 0 Å². The molecule has 1 saturated heterocycles. The van der Waals surface area contributed by atoms with E-state index in [1.807, 2.05) is 4.31 Å². The van der Waals surface area contributed by atoms with Crippen molar-refractivity contribution < 1.29 is 8.42 Å². The predicted octanol–water partition coefficient (Wildman–Crippen LogP) is 2.65. The first-order chi connectivity index (χ1) is 10.2. The van der Waals surface area contributed by atoms with Crippen molar-refractivity contribution in [2.75, 3.05) is 13.1 Å². The van der Waals surface area contributed by atoms with E-state index in [0.29, 0.717) is 6.54 Å². The van der Waals surface area contributed by atoms with Gasteiger partial charge in [0.2, 0.25) is 10.0 Å². The Morgan fingerprint density at radius 3 is 1.71 bits per heavy atom. The van der Waals surface area contributed by atoms with Gasteiger partial charge in [-0.05, 0) is 38.6 Å². The van der Waals surface area contributed by atoms with Crippen LogP contribution in [0.1, 0.15) is 70.6 Å². The molecular weight excluding hydrogens is 284 g/mol. The van der Waals surface area contributed by atoms with Crippen LogP contribution < -0.4 is 5.32 Å². The highest BCUT2D eigenvalue weighted by Crippen LogP contribution is 2.34. The van der Waals surface area contributed by atoms with Crippen LogP contribution in [0.3, 0.4) is 0 Å². The number of nitrogens with one attached hydrogen (secondary N) is 1. The normalized spacial score (nSPS) is 30.0. The van der Waals surface area contributed by atoms with E-state index in [1.54, 1.807) is 0 Å². The zero-order valence-electron chi connectivity index (χ0n) is 13.1. The molecule has 0 radical (unpaired) electrons. The third-order valence-corrected chi connectivity index (χ3v) is 8.03. The van der Waals surface area contributed by atoms with Crippen molar-refractivity contribution in [2.24, 2.45) is 0 Å². The smallest absolute Gasteiger partial charge is 0.218 e. The first kappa shape index (κ1) is 15.8. The molecular formula is C16H30N2O2S. The molecule has 1 N–H and O–H groups in total. The number of hydrogen-bond donors (Lipinski definition) is 1. The molecule has 0 aromatic heterocycles. The van der Waals surface area contributed by atoms with E-state index in [1.165, 1.54) is 38.5 Å². The van der Waals surface area contributed by atoms with Crippen molar-refractivity contribution in [3.8, 4) is 0 Å². The molecule has 0 bridgehead atoms. The van der Waals surface area contributed by atoms with Gasteiger partial charge < -0.3 is 5.32 Å². The van der Waals surface area contributed by atoms with E-state index in [2.05, 4.69) is 5.32 Å². The van der Waals surface area contributed by atoms with Crippen LogP contribution in [-0.2, 0) is 10.0 Å². The fourth-order valence-corrected chi connectivity index (χ4v) is 6.78. The van der Waals surface area contributed by atoms with Crippen LogP contribution in [0.15, 0.2) is 0 Å². The van der Waals surface area contributed by atoms with Crippen molar-refractivity contribution in [3.63, 3.8) is 0 Å². The predicted molar refractivity (Wildman–Crippen MR) is 85.8 cm³/mol. The van der Waals surface area contributed by atoms with Crippen LogP contribution in [0, 0.1) is 0 Å². The summed E-state index contributed by atoms with van der Waals surface area (Å²) in [5.41, 5.74) is 0. The van der Waals surface area contributed by atoms with E-state index in [0.717, 1.165) is 38.6 Å². The maximum absolute atomic E-state index is 13.2. The molecule has 122 valence electrons. The Morgan fingerprint density at radius 1 is 0.762 bits per heavy atom. The minimum Gasteiger partial charge on any atom is -0.315 e. The topological polar surface area (TPSA) is 49.4 Å². The molecule has 0 amide bonds. The Hall–Kier alpha value is -0.130. The minimum atomic E-state index is -3.13. The van der Waals surface area contributed by atoms with Crippen LogP contribution >= 0.6 is 0 Å². The van der Waals surface area contributed by atoms with Gasteiger partial charge in [-0.1, -0.05) is 38.5 Å². The standard InChI is InChI=1S/C16H30N2O2S/c19-21(20,16-11-12-17-13-16)18(14-7-3-1-4-8-14)15-9-5-2-6-10-15/h14-17H,1-13H2. The molecule has 1 heterocycles. The van der Waals surface area contributed by atoms with E-state index in [4.69, 9.17) is 0 Å². The molecule has 5 heteroatoms. The summed E-state index contributed by atoms with van der Waals surface area (Å²) >= 11 is 0. The van der Waals surface area contributed by atoms with E-state index >= 15 is 0 Å². The zero-order chi connectivity index (χ0) is 14.7. The summed E-state index contributed by atoms with van der Waals surface area (Å²) in [5, 5.41) is 3.05. The maximum Gasteiger partial charge on any atom is 0.218 e. The van der Waals surface area contributed by atoms with Crippen molar-refractivity contribution in [3.05, 3.63) is 0 Å². The molecule has 3 rings (SSSR count). The van der Waals surface area contributed by atoms with Crippen molar-refractivity contribution in [2.45, 2.75) is 88.0 Å². The summed E-state index contributed by atoms with van der Waals surface area (Å²) < 4.78 is 28.5. The van der Waals surface area contributed by atoms with E-state index in [-0.39, 0.29) is 17.3 Å². The van der Waals surface area contributed by atoms with Gasteiger partial charge in [0.05, 0.1) is 5.25 Å². The minimum absolute atomic E-state index is 0.179. The van der Waals surface area contributed by atoms with Crippen LogP contribution in [0.25, 0.3) is 0 Å². The second-order valence-electron chi connectivity index (χ2n) is 7.07. The Bertz CT molecular complexity index is 402. The lowest BCUT2D eigenvalue weighted by Crippen LogP contribution is -2.52. The lowest BCUT2D eigenvalue weighted by atomic mass is 9.91. The van der Waals surface area contributed by atoms with Gasteiger partial charge in [0, 0.05) is 18.6 Å². The molecule has 0 spiro atoms. The van der Waals surface area contributed by atoms with Gasteiger partial charge in [-0.3, -0.25) is 0 Å². The largest absolute Gasteiger partial charge is 0.315 e. The SMILES string of the molecule is O=S(=O)(C1CCNC1)N(C1CCCCC1)C1CCCCC1. The average molecular weight is 314 g/mol. The van der Waals surface area contributed by atoms with Crippen LogP contribution in [0.5, 0.6) is 0 Å². The van der Waals surface area contributed by atoms with Crippen LogP contribution in [0.4, 0.5) is 0 Å². The molecule has 1 unspecified atom stereocenters. The molecule has 2 saturated carbocycles. The molecule has 3 fully saturated rings. The van der Waals surface area contributed by atoms with Crippen molar-refractivity contribution in [1.29, 1.82) is 0 Å². The monoisotopic (exact) mass is 314 g/mol. The molecule has 1 aliphatic heterocycles. The quantitative estimate of drug-likeness (QED) is 0.868. The highest BCUT2D eigenvalue weighted by atomic mass is 32.2. The highest BCUT2D eigenvalue weighted by molar-refractivity contribution is 7.89. The summed E-state index contributed by atoms with van der Waals surface area (Å²) in [6.07, 6.45) is 12.5. The molecule has 0 aromatic rings. The number of nitrogens with zero attached hydrogens (tertiary/aromatic N) is 1. The van der Waals surface area contributed by atoms with Gasteiger partial charge in [-0.25, -0.2) is 8.42 Å². The first-order valence-corrected chi connectivity index (χ1v) is 10.4. The summed E-state index contributed by atoms with van der Waals surface area (Å²) in [6, 6.07) is 0.569. The summed E-state index contributed by atoms with van der Waals surface area (Å²) in [6.45, 7) is 1.51. The highest BCUT2D eigenvalue weighted by Gasteiger charge is 2.42. The average Bonchev–Trinajstić information content (AvgIpc) is 3.04. The number of rotatable bonds is 4. The van der Waals surface area contributed by atoms with Gasteiger partial charge >= 0.3 is 0 Å². The maximum atomic E-state index is 13.2. The Kier molecular flexibility index (Phi) is 5.23. The second-order valence-corrected chi connectivity index (χ2v) is 9.19. The van der Waals surface area contributed by atoms with Gasteiger partial charge in [-0.2, -0.15) is 4.31 Å². The summed E-state index contributed by atoms with van der Waals surface area (Å²) in [7, 11) is -3.13. The number of sulfonamides is 1. The third-order valence-electron chi connectivity index (χ3n) is 5.60. The molecule has 0 aromatic carbocycles. The lowest BCUT2D eigenvalue weighted by Gasteiger charge is -2.41. The molecule has 4 nitrogen and oxygen atoms in total. The summed E-state index contributed by atoms with van der Waals surface area (Å²) in [5.74, 6) is 0. The Balaban J connectivity index is 1.82. The Labute approximate surface area is 129 Å².